The number of aryl methyl sites for hydroxylation is 1. The Hall–Kier alpha value is -0.540. The largest absolute Gasteiger partial charge is 0.480 e. The van der Waals surface area contributed by atoms with Crippen LogP contribution < -0.4 is 0 Å². The predicted molar refractivity (Wildman–Crippen MR) is 60.2 cm³/mol. The standard InChI is InChI=1S/C10H10BrClO2/c1-6-2-3-7(5-9(6)12)4-8(11)10(13)14/h2-3,5,8H,4H2,1H3,(H,13,14)/t8-/m0/s1. The Morgan fingerprint density at radius 3 is 2.79 bits per heavy atom. The number of halogens is 2. The Labute approximate surface area is 96.0 Å². The van der Waals surface area contributed by atoms with E-state index >= 15 is 0 Å². The van der Waals surface area contributed by atoms with Gasteiger partial charge in [0.05, 0.1) is 0 Å². The highest BCUT2D eigenvalue weighted by atomic mass is 79.9. The van der Waals surface area contributed by atoms with Gasteiger partial charge >= 0.3 is 5.97 Å². The molecule has 0 amide bonds. The molecule has 14 heavy (non-hydrogen) atoms. The van der Waals surface area contributed by atoms with Crippen LogP contribution in [0.4, 0.5) is 0 Å². The molecule has 2 nitrogen and oxygen atoms in total. The number of carbonyl (C=O) groups is 1. The van der Waals surface area contributed by atoms with Crippen LogP contribution in [0.1, 0.15) is 11.1 Å². The SMILES string of the molecule is Cc1ccc(C[C@H](Br)C(=O)O)cc1Cl. The Kier molecular flexibility index (Phi) is 3.96. The van der Waals surface area contributed by atoms with Gasteiger partial charge in [-0.25, -0.2) is 0 Å². The minimum atomic E-state index is -0.860. The number of rotatable bonds is 3. The lowest BCUT2D eigenvalue weighted by atomic mass is 10.1. The fourth-order valence-electron chi connectivity index (χ4n) is 1.06. The molecule has 0 radical (unpaired) electrons. The van der Waals surface area contributed by atoms with E-state index in [0.29, 0.717) is 11.4 Å². The molecule has 76 valence electrons. The van der Waals surface area contributed by atoms with E-state index in [2.05, 4.69) is 15.9 Å². The van der Waals surface area contributed by atoms with Gasteiger partial charge in [0.15, 0.2) is 0 Å². The van der Waals surface area contributed by atoms with Crippen molar-refractivity contribution in [2.24, 2.45) is 0 Å². The predicted octanol–water partition coefficient (Wildman–Crippen LogP) is 3.04. The van der Waals surface area contributed by atoms with Gasteiger partial charge in [-0.1, -0.05) is 39.7 Å². The molecule has 0 aliphatic carbocycles. The van der Waals surface area contributed by atoms with Crippen LogP contribution in [0.3, 0.4) is 0 Å². The zero-order valence-corrected chi connectivity index (χ0v) is 9.97. The molecule has 1 aromatic rings. The van der Waals surface area contributed by atoms with E-state index in [-0.39, 0.29) is 0 Å². The van der Waals surface area contributed by atoms with E-state index in [1.165, 1.54) is 0 Å². The van der Waals surface area contributed by atoms with Gasteiger partial charge in [-0.2, -0.15) is 0 Å². The molecule has 1 rings (SSSR count). The van der Waals surface area contributed by atoms with Crippen LogP contribution in [0.2, 0.25) is 5.02 Å². The first kappa shape index (κ1) is 11.5. The summed E-state index contributed by atoms with van der Waals surface area (Å²) in [4.78, 5) is 10.0. The Bertz CT molecular complexity index is 352. The number of carboxylic acids is 1. The monoisotopic (exact) mass is 276 g/mol. The number of hydrogen-bond donors (Lipinski definition) is 1. The van der Waals surface area contributed by atoms with Gasteiger partial charge in [0.1, 0.15) is 4.83 Å². The van der Waals surface area contributed by atoms with Crippen LogP contribution >= 0.6 is 27.5 Å². The summed E-state index contributed by atoms with van der Waals surface area (Å²) in [6, 6.07) is 5.58. The third kappa shape index (κ3) is 3.00. The highest BCUT2D eigenvalue weighted by Gasteiger charge is 2.13. The molecule has 0 bridgehead atoms. The Morgan fingerprint density at radius 2 is 2.29 bits per heavy atom. The molecule has 4 heteroatoms. The van der Waals surface area contributed by atoms with Gasteiger partial charge in [-0.3, -0.25) is 4.79 Å². The average molecular weight is 278 g/mol. The fourth-order valence-corrected chi connectivity index (χ4v) is 1.63. The van der Waals surface area contributed by atoms with Crippen LogP contribution in [-0.4, -0.2) is 15.9 Å². The maximum absolute atomic E-state index is 10.6. The lowest BCUT2D eigenvalue weighted by molar-refractivity contribution is -0.136. The maximum atomic E-state index is 10.6. The lowest BCUT2D eigenvalue weighted by Crippen LogP contribution is -2.15. The molecule has 1 aromatic carbocycles. The van der Waals surface area contributed by atoms with Crippen LogP contribution in [0.5, 0.6) is 0 Å². The summed E-state index contributed by atoms with van der Waals surface area (Å²) in [5.41, 5.74) is 1.92. The van der Waals surface area contributed by atoms with Crippen molar-refractivity contribution in [1.29, 1.82) is 0 Å². The van der Waals surface area contributed by atoms with Gasteiger partial charge in [-0.15, -0.1) is 0 Å². The lowest BCUT2D eigenvalue weighted by Gasteiger charge is -2.06. The van der Waals surface area contributed by atoms with Crippen molar-refractivity contribution in [2.75, 3.05) is 0 Å². The first-order valence-corrected chi connectivity index (χ1v) is 5.42. The molecule has 0 spiro atoms. The quantitative estimate of drug-likeness (QED) is 0.862. The molecule has 0 heterocycles. The molecule has 0 unspecified atom stereocenters. The van der Waals surface area contributed by atoms with Crippen LogP contribution in [0, 0.1) is 6.92 Å². The van der Waals surface area contributed by atoms with Crippen LogP contribution in [-0.2, 0) is 11.2 Å². The molecule has 0 aliphatic rings. The van der Waals surface area contributed by atoms with E-state index in [4.69, 9.17) is 16.7 Å². The summed E-state index contributed by atoms with van der Waals surface area (Å²) in [7, 11) is 0. The van der Waals surface area contributed by atoms with E-state index in [1.807, 2.05) is 19.1 Å². The molecule has 0 aromatic heterocycles. The smallest absolute Gasteiger partial charge is 0.317 e. The summed E-state index contributed by atoms with van der Waals surface area (Å²) in [6.07, 6.45) is 0.440. The maximum Gasteiger partial charge on any atom is 0.317 e. The zero-order chi connectivity index (χ0) is 10.7. The van der Waals surface area contributed by atoms with Crippen molar-refractivity contribution in [3.63, 3.8) is 0 Å². The average Bonchev–Trinajstić information content (AvgIpc) is 2.11. The third-order valence-electron chi connectivity index (χ3n) is 1.92. The Morgan fingerprint density at radius 1 is 1.64 bits per heavy atom. The molecule has 0 saturated heterocycles. The third-order valence-corrected chi connectivity index (χ3v) is 3.04. The molecule has 1 atom stereocenters. The van der Waals surface area contributed by atoms with Crippen molar-refractivity contribution in [3.8, 4) is 0 Å². The molecular formula is C10H10BrClO2. The summed E-state index contributed by atoms with van der Waals surface area (Å²) >= 11 is 8.99. The van der Waals surface area contributed by atoms with Gasteiger partial charge < -0.3 is 5.11 Å². The molecule has 1 N–H and O–H groups in total. The van der Waals surface area contributed by atoms with E-state index in [9.17, 15) is 4.79 Å². The van der Waals surface area contributed by atoms with E-state index < -0.39 is 10.8 Å². The van der Waals surface area contributed by atoms with Crippen molar-refractivity contribution in [2.45, 2.75) is 18.2 Å². The van der Waals surface area contributed by atoms with Crippen molar-refractivity contribution >= 4 is 33.5 Å². The summed E-state index contributed by atoms with van der Waals surface area (Å²) in [6.45, 7) is 1.91. The first-order chi connectivity index (χ1) is 6.50. The fraction of sp³-hybridized carbons (Fsp3) is 0.300. The van der Waals surface area contributed by atoms with Crippen molar-refractivity contribution in [3.05, 3.63) is 34.3 Å². The number of benzene rings is 1. The summed E-state index contributed by atoms with van der Waals surface area (Å²) < 4.78 is 0. The second kappa shape index (κ2) is 4.80. The number of hydrogen-bond acceptors (Lipinski definition) is 1. The van der Waals surface area contributed by atoms with Crippen LogP contribution in [0.15, 0.2) is 18.2 Å². The molecule has 0 fully saturated rings. The van der Waals surface area contributed by atoms with Gasteiger partial charge in [0, 0.05) is 5.02 Å². The number of alkyl halides is 1. The molecule has 0 aliphatic heterocycles. The first-order valence-electron chi connectivity index (χ1n) is 4.12. The second-order valence-corrected chi connectivity index (χ2v) is 4.61. The molecular weight excluding hydrogens is 267 g/mol. The van der Waals surface area contributed by atoms with E-state index in [0.717, 1.165) is 11.1 Å². The number of aliphatic carboxylic acids is 1. The highest BCUT2D eigenvalue weighted by Crippen LogP contribution is 2.19. The van der Waals surface area contributed by atoms with Crippen molar-refractivity contribution < 1.29 is 9.90 Å². The second-order valence-electron chi connectivity index (χ2n) is 3.09. The normalized spacial score (nSPS) is 12.5. The minimum Gasteiger partial charge on any atom is -0.480 e. The van der Waals surface area contributed by atoms with Gasteiger partial charge in [0.25, 0.3) is 0 Å². The van der Waals surface area contributed by atoms with E-state index in [1.54, 1.807) is 6.07 Å². The topological polar surface area (TPSA) is 37.3 Å². The highest BCUT2D eigenvalue weighted by molar-refractivity contribution is 9.10. The minimum absolute atomic E-state index is 0.440. The Balaban J connectivity index is 2.78. The molecule has 0 saturated carbocycles. The zero-order valence-electron chi connectivity index (χ0n) is 7.63. The number of carboxylic acid groups (broad SMARTS) is 1. The van der Waals surface area contributed by atoms with Gasteiger partial charge in [0.2, 0.25) is 0 Å². The summed E-state index contributed by atoms with van der Waals surface area (Å²) in [5.74, 6) is -0.860. The van der Waals surface area contributed by atoms with Crippen LogP contribution in [0.25, 0.3) is 0 Å². The van der Waals surface area contributed by atoms with Gasteiger partial charge in [-0.05, 0) is 30.5 Å². The van der Waals surface area contributed by atoms with Crippen molar-refractivity contribution in [1.82, 2.24) is 0 Å². The summed E-state index contributed by atoms with van der Waals surface area (Å²) in [5, 5.41) is 9.36.